The topological polar surface area (TPSA) is 61.4 Å². The molecule has 2 aliphatic heterocycles. The number of likely N-dealkylation sites (tertiary alicyclic amines) is 1. The lowest BCUT2D eigenvalue weighted by molar-refractivity contribution is -0.134. The van der Waals surface area contributed by atoms with Gasteiger partial charge in [-0.1, -0.05) is 0 Å². The van der Waals surface area contributed by atoms with Crippen LogP contribution in [-0.2, 0) is 9.59 Å². The summed E-state index contributed by atoms with van der Waals surface area (Å²) in [5.41, 5.74) is 0. The van der Waals surface area contributed by atoms with Crippen LogP contribution >= 0.6 is 12.4 Å². The number of hydrogen-bond donors (Lipinski definition) is 2. The van der Waals surface area contributed by atoms with Crippen molar-refractivity contribution in [3.8, 4) is 0 Å². The first-order valence-corrected chi connectivity index (χ1v) is 6.42. The second-order valence-electron chi connectivity index (χ2n) is 5.06. The largest absolute Gasteiger partial charge is 0.351 e. The summed E-state index contributed by atoms with van der Waals surface area (Å²) in [4.78, 5) is 25.0. The monoisotopic (exact) mass is 275 g/mol. The summed E-state index contributed by atoms with van der Waals surface area (Å²) >= 11 is 0. The lowest BCUT2D eigenvalue weighted by Crippen LogP contribution is -2.51. The van der Waals surface area contributed by atoms with E-state index in [-0.39, 0.29) is 36.2 Å². The zero-order valence-corrected chi connectivity index (χ0v) is 11.6. The Morgan fingerprint density at radius 3 is 2.83 bits per heavy atom. The van der Waals surface area contributed by atoms with Gasteiger partial charge < -0.3 is 15.5 Å². The van der Waals surface area contributed by atoms with Gasteiger partial charge in [0, 0.05) is 32.6 Å². The summed E-state index contributed by atoms with van der Waals surface area (Å²) in [5, 5.41) is 6.31. The molecule has 18 heavy (non-hydrogen) atoms. The van der Waals surface area contributed by atoms with Gasteiger partial charge in [-0.05, 0) is 25.8 Å². The van der Waals surface area contributed by atoms with Crippen LogP contribution in [-0.4, -0.2) is 49.4 Å². The fourth-order valence-corrected chi connectivity index (χ4v) is 2.52. The molecule has 2 amide bonds. The Bertz CT molecular complexity index is 306. The van der Waals surface area contributed by atoms with Gasteiger partial charge in [0.1, 0.15) is 0 Å². The fraction of sp³-hybridized carbons (Fsp3) is 0.833. The predicted octanol–water partition coefficient (Wildman–Crippen LogP) is 0.145. The van der Waals surface area contributed by atoms with Crippen molar-refractivity contribution in [1.82, 2.24) is 15.5 Å². The first-order chi connectivity index (χ1) is 8.16. The highest BCUT2D eigenvalue weighted by atomic mass is 35.5. The molecule has 2 atom stereocenters. The molecule has 0 aromatic carbocycles. The molecule has 0 saturated carbocycles. The predicted molar refractivity (Wildman–Crippen MR) is 71.6 cm³/mol. The minimum Gasteiger partial charge on any atom is -0.351 e. The summed E-state index contributed by atoms with van der Waals surface area (Å²) < 4.78 is 0. The number of nitrogens with one attached hydrogen (secondary N) is 2. The number of carbonyl (C=O) groups is 2. The van der Waals surface area contributed by atoms with E-state index in [2.05, 4.69) is 10.6 Å². The van der Waals surface area contributed by atoms with E-state index in [1.54, 1.807) is 11.9 Å². The summed E-state index contributed by atoms with van der Waals surface area (Å²) in [5.74, 6) is 0.423. The van der Waals surface area contributed by atoms with E-state index in [1.165, 1.54) is 0 Å². The molecule has 6 heteroatoms. The normalized spacial score (nSPS) is 28.5. The van der Waals surface area contributed by atoms with Crippen LogP contribution in [0, 0.1) is 5.92 Å². The Labute approximate surface area is 114 Å². The first-order valence-electron chi connectivity index (χ1n) is 6.42. The summed E-state index contributed by atoms with van der Waals surface area (Å²) in [6.45, 7) is 2.45. The number of amides is 2. The Morgan fingerprint density at radius 2 is 2.22 bits per heavy atom. The van der Waals surface area contributed by atoms with E-state index in [4.69, 9.17) is 0 Å². The molecule has 2 fully saturated rings. The highest BCUT2D eigenvalue weighted by Gasteiger charge is 2.27. The van der Waals surface area contributed by atoms with Gasteiger partial charge in [0.15, 0.2) is 0 Å². The molecule has 2 heterocycles. The van der Waals surface area contributed by atoms with Crippen LogP contribution in [0.2, 0.25) is 0 Å². The molecule has 0 aromatic heterocycles. The maximum absolute atomic E-state index is 12.0. The van der Waals surface area contributed by atoms with Gasteiger partial charge in [0.25, 0.3) is 0 Å². The van der Waals surface area contributed by atoms with E-state index >= 15 is 0 Å². The SMILES string of the molecule is CN1CC(NC(=O)C2CCCNC2)CCC1=O.Cl. The second-order valence-corrected chi connectivity index (χ2v) is 5.06. The Balaban J connectivity index is 0.00000162. The molecule has 104 valence electrons. The summed E-state index contributed by atoms with van der Waals surface area (Å²) in [6.07, 6.45) is 3.36. The summed E-state index contributed by atoms with van der Waals surface area (Å²) in [7, 11) is 1.79. The van der Waals surface area contributed by atoms with Gasteiger partial charge in [-0.15, -0.1) is 12.4 Å². The van der Waals surface area contributed by atoms with E-state index < -0.39 is 0 Å². The van der Waals surface area contributed by atoms with Crippen LogP contribution < -0.4 is 10.6 Å². The molecular weight excluding hydrogens is 254 g/mol. The van der Waals surface area contributed by atoms with E-state index in [0.29, 0.717) is 13.0 Å². The first kappa shape index (κ1) is 15.2. The van der Waals surface area contributed by atoms with Crippen molar-refractivity contribution in [3.63, 3.8) is 0 Å². The number of hydrogen-bond acceptors (Lipinski definition) is 3. The van der Waals surface area contributed by atoms with Crippen molar-refractivity contribution in [3.05, 3.63) is 0 Å². The van der Waals surface area contributed by atoms with Crippen LogP contribution in [0.1, 0.15) is 25.7 Å². The van der Waals surface area contributed by atoms with Crippen molar-refractivity contribution in [2.75, 3.05) is 26.7 Å². The van der Waals surface area contributed by atoms with Gasteiger partial charge in [0.05, 0.1) is 5.92 Å². The molecular formula is C12H22ClN3O2. The minimum atomic E-state index is 0. The smallest absolute Gasteiger partial charge is 0.224 e. The quantitative estimate of drug-likeness (QED) is 0.754. The molecule has 0 bridgehead atoms. The van der Waals surface area contributed by atoms with E-state index in [1.807, 2.05) is 0 Å². The third kappa shape index (κ3) is 3.85. The molecule has 0 aliphatic carbocycles. The summed E-state index contributed by atoms with van der Waals surface area (Å²) in [6, 6.07) is 0.132. The highest BCUT2D eigenvalue weighted by Crippen LogP contribution is 2.13. The van der Waals surface area contributed by atoms with Gasteiger partial charge >= 0.3 is 0 Å². The van der Waals surface area contributed by atoms with Crippen LogP contribution in [0.5, 0.6) is 0 Å². The molecule has 5 nitrogen and oxygen atoms in total. The Morgan fingerprint density at radius 1 is 1.44 bits per heavy atom. The lowest BCUT2D eigenvalue weighted by Gasteiger charge is -2.32. The van der Waals surface area contributed by atoms with Crippen molar-refractivity contribution >= 4 is 24.2 Å². The maximum atomic E-state index is 12.0. The van der Waals surface area contributed by atoms with Crippen molar-refractivity contribution < 1.29 is 9.59 Å². The van der Waals surface area contributed by atoms with Gasteiger partial charge in [-0.3, -0.25) is 9.59 Å². The maximum Gasteiger partial charge on any atom is 0.224 e. The number of carbonyl (C=O) groups excluding carboxylic acids is 2. The van der Waals surface area contributed by atoms with Gasteiger partial charge in [-0.25, -0.2) is 0 Å². The number of rotatable bonds is 2. The lowest BCUT2D eigenvalue weighted by atomic mass is 9.97. The molecule has 0 radical (unpaired) electrons. The average molecular weight is 276 g/mol. The minimum absolute atomic E-state index is 0. The molecule has 2 N–H and O–H groups in total. The Hall–Kier alpha value is -0.810. The zero-order chi connectivity index (χ0) is 12.3. The number of halogens is 1. The van der Waals surface area contributed by atoms with Gasteiger partial charge in [-0.2, -0.15) is 0 Å². The van der Waals surface area contributed by atoms with Crippen LogP contribution in [0.15, 0.2) is 0 Å². The number of nitrogens with zero attached hydrogens (tertiary/aromatic N) is 1. The molecule has 0 aromatic rings. The molecule has 2 rings (SSSR count). The standard InChI is InChI=1S/C12H21N3O2.ClH/c1-15-8-10(4-5-11(15)16)14-12(17)9-3-2-6-13-7-9;/h9-10,13H,2-8H2,1H3,(H,14,17);1H. The van der Waals surface area contributed by atoms with Crippen molar-refractivity contribution in [1.29, 1.82) is 0 Å². The fourth-order valence-electron chi connectivity index (χ4n) is 2.52. The van der Waals surface area contributed by atoms with Gasteiger partial charge in [0.2, 0.25) is 11.8 Å². The van der Waals surface area contributed by atoms with E-state index in [9.17, 15) is 9.59 Å². The Kier molecular flexibility index (Phi) is 5.88. The molecule has 2 unspecified atom stereocenters. The van der Waals surface area contributed by atoms with Crippen LogP contribution in [0.3, 0.4) is 0 Å². The third-order valence-electron chi connectivity index (χ3n) is 3.64. The second kappa shape index (κ2) is 6.95. The van der Waals surface area contributed by atoms with Crippen LogP contribution in [0.25, 0.3) is 0 Å². The number of piperidine rings is 2. The average Bonchev–Trinajstić information content (AvgIpc) is 2.35. The van der Waals surface area contributed by atoms with E-state index in [0.717, 1.165) is 32.4 Å². The molecule has 0 spiro atoms. The van der Waals surface area contributed by atoms with Crippen molar-refractivity contribution in [2.24, 2.45) is 5.92 Å². The molecule has 2 aliphatic rings. The third-order valence-corrected chi connectivity index (χ3v) is 3.64. The number of likely N-dealkylation sites (N-methyl/N-ethyl adjacent to an activating group) is 1. The molecule has 2 saturated heterocycles. The highest BCUT2D eigenvalue weighted by molar-refractivity contribution is 5.85. The zero-order valence-electron chi connectivity index (χ0n) is 10.8. The van der Waals surface area contributed by atoms with Crippen molar-refractivity contribution in [2.45, 2.75) is 31.7 Å². The van der Waals surface area contributed by atoms with Crippen LogP contribution in [0.4, 0.5) is 0 Å².